The predicted octanol–water partition coefficient (Wildman–Crippen LogP) is -0.0426. The topological polar surface area (TPSA) is 119 Å². The third-order valence-corrected chi connectivity index (χ3v) is 4.83. The zero-order valence-electron chi connectivity index (χ0n) is 15.0. The summed E-state index contributed by atoms with van der Waals surface area (Å²) in [4.78, 5) is 53.2. The second-order valence-corrected chi connectivity index (χ2v) is 6.73. The SMILES string of the molecule is O=C(CCn1ccc(=O)[nH]c1=O)NCCn1cnc(C2CCCC2)cc1=O. The molecule has 0 unspecified atom stereocenters. The standard InChI is InChI=1S/C18H23N5O4/c24-15(5-8-22-9-6-16(25)21-18(22)27)19-7-10-23-12-20-14(11-17(23)26)13-3-1-2-4-13/h6,9,11-13H,1-5,7-8,10H2,(H,19,24)(H,21,25,27). The number of H-pyrrole nitrogens is 1. The van der Waals surface area contributed by atoms with Gasteiger partial charge in [0.1, 0.15) is 0 Å². The van der Waals surface area contributed by atoms with Gasteiger partial charge in [0.2, 0.25) is 5.91 Å². The molecule has 0 radical (unpaired) electrons. The van der Waals surface area contributed by atoms with Gasteiger partial charge in [0.25, 0.3) is 11.1 Å². The first-order chi connectivity index (χ1) is 13.0. The van der Waals surface area contributed by atoms with Crippen LogP contribution in [0.25, 0.3) is 0 Å². The Morgan fingerprint density at radius 1 is 1.19 bits per heavy atom. The molecule has 0 saturated heterocycles. The van der Waals surface area contributed by atoms with Crippen LogP contribution in [0.15, 0.2) is 39.0 Å². The fourth-order valence-electron chi connectivity index (χ4n) is 3.30. The summed E-state index contributed by atoms with van der Waals surface area (Å²) in [6, 6.07) is 2.83. The lowest BCUT2D eigenvalue weighted by Crippen LogP contribution is -2.33. The zero-order chi connectivity index (χ0) is 19.2. The van der Waals surface area contributed by atoms with Crippen molar-refractivity contribution in [3.8, 4) is 0 Å². The van der Waals surface area contributed by atoms with Crippen molar-refractivity contribution in [1.82, 2.24) is 24.4 Å². The zero-order valence-corrected chi connectivity index (χ0v) is 15.0. The minimum atomic E-state index is -0.546. The van der Waals surface area contributed by atoms with Crippen LogP contribution in [0, 0.1) is 0 Å². The Bertz CT molecular complexity index is 968. The van der Waals surface area contributed by atoms with Crippen LogP contribution in [0.2, 0.25) is 0 Å². The molecule has 0 aromatic carbocycles. The molecule has 2 aromatic rings. The second kappa shape index (κ2) is 8.61. The molecule has 2 aromatic heterocycles. The van der Waals surface area contributed by atoms with Crippen molar-refractivity contribution in [2.24, 2.45) is 0 Å². The van der Waals surface area contributed by atoms with Gasteiger partial charge in [-0.2, -0.15) is 0 Å². The molecule has 9 nitrogen and oxygen atoms in total. The molecule has 144 valence electrons. The van der Waals surface area contributed by atoms with E-state index < -0.39 is 11.2 Å². The number of carbonyl (C=O) groups is 1. The maximum absolute atomic E-state index is 12.2. The van der Waals surface area contributed by atoms with Crippen molar-refractivity contribution in [3.05, 3.63) is 61.5 Å². The van der Waals surface area contributed by atoms with E-state index in [2.05, 4.69) is 15.3 Å². The second-order valence-electron chi connectivity index (χ2n) is 6.73. The van der Waals surface area contributed by atoms with Crippen molar-refractivity contribution >= 4 is 5.91 Å². The molecule has 1 amide bonds. The van der Waals surface area contributed by atoms with E-state index in [1.807, 2.05) is 0 Å². The van der Waals surface area contributed by atoms with Gasteiger partial charge in [0.15, 0.2) is 0 Å². The van der Waals surface area contributed by atoms with E-state index in [9.17, 15) is 19.2 Å². The van der Waals surface area contributed by atoms with Crippen molar-refractivity contribution < 1.29 is 4.79 Å². The van der Waals surface area contributed by atoms with Gasteiger partial charge in [-0.1, -0.05) is 12.8 Å². The first-order valence-electron chi connectivity index (χ1n) is 9.16. The number of hydrogen-bond acceptors (Lipinski definition) is 5. The highest BCUT2D eigenvalue weighted by Crippen LogP contribution is 2.32. The Balaban J connectivity index is 1.46. The number of nitrogens with zero attached hydrogens (tertiary/aromatic N) is 3. The number of amides is 1. The number of rotatable bonds is 7. The van der Waals surface area contributed by atoms with Gasteiger partial charge in [-0.15, -0.1) is 0 Å². The largest absolute Gasteiger partial charge is 0.354 e. The molecule has 1 fully saturated rings. The van der Waals surface area contributed by atoms with E-state index in [1.54, 1.807) is 12.4 Å². The van der Waals surface area contributed by atoms with Gasteiger partial charge in [-0.25, -0.2) is 9.78 Å². The lowest BCUT2D eigenvalue weighted by Gasteiger charge is -2.11. The number of aromatic nitrogens is 4. The van der Waals surface area contributed by atoms with Crippen LogP contribution in [0.5, 0.6) is 0 Å². The Kier molecular flexibility index (Phi) is 6.00. The third kappa shape index (κ3) is 5.02. The normalized spacial score (nSPS) is 14.4. The minimum Gasteiger partial charge on any atom is -0.354 e. The summed E-state index contributed by atoms with van der Waals surface area (Å²) in [6.07, 6.45) is 7.54. The highest BCUT2D eigenvalue weighted by molar-refractivity contribution is 5.75. The number of hydrogen-bond donors (Lipinski definition) is 2. The van der Waals surface area contributed by atoms with Gasteiger partial charge in [-0.05, 0) is 12.8 Å². The summed E-state index contributed by atoms with van der Waals surface area (Å²) in [5.74, 6) is 0.153. The Labute approximate surface area is 155 Å². The summed E-state index contributed by atoms with van der Waals surface area (Å²) in [5.41, 5.74) is -0.265. The van der Waals surface area contributed by atoms with E-state index in [0.717, 1.165) is 18.5 Å². The van der Waals surface area contributed by atoms with Gasteiger partial charge in [0.05, 0.1) is 12.0 Å². The number of carbonyl (C=O) groups excluding carboxylic acids is 1. The van der Waals surface area contributed by atoms with Crippen LogP contribution in [0.4, 0.5) is 0 Å². The molecule has 0 bridgehead atoms. The van der Waals surface area contributed by atoms with Gasteiger partial charge in [-0.3, -0.25) is 23.9 Å². The predicted molar refractivity (Wildman–Crippen MR) is 98.7 cm³/mol. The highest BCUT2D eigenvalue weighted by Gasteiger charge is 2.18. The molecule has 9 heteroatoms. The first kappa shape index (κ1) is 18.8. The minimum absolute atomic E-state index is 0.0969. The fraction of sp³-hybridized carbons (Fsp3) is 0.500. The number of nitrogens with one attached hydrogen (secondary N) is 2. The molecule has 27 heavy (non-hydrogen) atoms. The first-order valence-corrected chi connectivity index (χ1v) is 9.16. The molecular weight excluding hydrogens is 350 g/mol. The monoisotopic (exact) mass is 373 g/mol. The molecule has 1 aliphatic rings. The Morgan fingerprint density at radius 2 is 1.96 bits per heavy atom. The van der Waals surface area contributed by atoms with E-state index in [1.165, 1.54) is 34.2 Å². The third-order valence-electron chi connectivity index (χ3n) is 4.83. The average Bonchev–Trinajstić information content (AvgIpc) is 3.17. The molecular formula is C18H23N5O4. The Morgan fingerprint density at radius 3 is 2.67 bits per heavy atom. The highest BCUT2D eigenvalue weighted by atomic mass is 16.2. The average molecular weight is 373 g/mol. The van der Waals surface area contributed by atoms with Crippen LogP contribution in [0.1, 0.15) is 43.7 Å². The number of aromatic amines is 1. The summed E-state index contributed by atoms with van der Waals surface area (Å²) >= 11 is 0. The number of aryl methyl sites for hydroxylation is 1. The molecule has 1 saturated carbocycles. The summed E-state index contributed by atoms with van der Waals surface area (Å²) in [7, 11) is 0. The summed E-state index contributed by atoms with van der Waals surface area (Å²) in [5, 5.41) is 2.72. The quantitative estimate of drug-likeness (QED) is 0.706. The van der Waals surface area contributed by atoms with Crippen LogP contribution in [0.3, 0.4) is 0 Å². The van der Waals surface area contributed by atoms with Crippen molar-refractivity contribution in [2.75, 3.05) is 6.54 Å². The Hall–Kier alpha value is -2.97. The van der Waals surface area contributed by atoms with Crippen LogP contribution in [-0.2, 0) is 17.9 Å². The van der Waals surface area contributed by atoms with Crippen molar-refractivity contribution in [2.45, 2.75) is 51.1 Å². The van der Waals surface area contributed by atoms with Crippen LogP contribution < -0.4 is 22.1 Å². The molecule has 0 atom stereocenters. The molecule has 3 rings (SSSR count). The van der Waals surface area contributed by atoms with Gasteiger partial charge >= 0.3 is 5.69 Å². The van der Waals surface area contributed by atoms with Crippen molar-refractivity contribution in [3.63, 3.8) is 0 Å². The summed E-state index contributed by atoms with van der Waals surface area (Å²) < 4.78 is 2.74. The molecule has 2 heterocycles. The van der Waals surface area contributed by atoms with Gasteiger partial charge < -0.3 is 9.88 Å². The molecule has 0 aliphatic heterocycles. The van der Waals surface area contributed by atoms with E-state index in [-0.39, 0.29) is 24.4 Å². The van der Waals surface area contributed by atoms with Crippen molar-refractivity contribution in [1.29, 1.82) is 0 Å². The fourth-order valence-corrected chi connectivity index (χ4v) is 3.30. The van der Waals surface area contributed by atoms with E-state index in [0.29, 0.717) is 19.0 Å². The maximum Gasteiger partial charge on any atom is 0.328 e. The lowest BCUT2D eigenvalue weighted by atomic mass is 10.0. The molecule has 0 spiro atoms. The van der Waals surface area contributed by atoms with Gasteiger partial charge in [0, 0.05) is 50.3 Å². The maximum atomic E-state index is 12.2. The van der Waals surface area contributed by atoms with E-state index >= 15 is 0 Å². The smallest absolute Gasteiger partial charge is 0.328 e. The summed E-state index contributed by atoms with van der Waals surface area (Å²) in [6.45, 7) is 0.796. The van der Waals surface area contributed by atoms with Crippen LogP contribution >= 0.6 is 0 Å². The van der Waals surface area contributed by atoms with E-state index in [4.69, 9.17) is 0 Å². The lowest BCUT2D eigenvalue weighted by molar-refractivity contribution is -0.121. The molecule has 1 aliphatic carbocycles. The van der Waals surface area contributed by atoms with Crippen LogP contribution in [-0.4, -0.2) is 31.6 Å². The molecule has 2 N–H and O–H groups in total.